The number of carbonyl (C=O) groups excluding carboxylic acids is 1. The van der Waals surface area contributed by atoms with Crippen molar-refractivity contribution in [2.24, 2.45) is 0 Å². The zero-order chi connectivity index (χ0) is 7.84. The lowest BCUT2D eigenvalue weighted by Gasteiger charge is -1.94. The lowest BCUT2D eigenvalue weighted by molar-refractivity contribution is -0.117. The Labute approximate surface area is 63.8 Å². The molecule has 0 atom stereocenters. The van der Waals surface area contributed by atoms with Gasteiger partial charge in [0, 0.05) is 12.8 Å². The Bertz CT molecular complexity index is 317. The zero-order valence-corrected chi connectivity index (χ0v) is 5.93. The minimum atomic E-state index is -0.251. The molecule has 1 aliphatic carbocycles. The highest BCUT2D eigenvalue weighted by atomic mass is 19.1. The van der Waals surface area contributed by atoms with Crippen LogP contribution in [0.5, 0.6) is 0 Å². The lowest BCUT2D eigenvalue weighted by Crippen LogP contribution is -1.92. The van der Waals surface area contributed by atoms with Crippen molar-refractivity contribution < 1.29 is 9.18 Å². The van der Waals surface area contributed by atoms with Crippen LogP contribution in [0.4, 0.5) is 4.39 Å². The smallest absolute Gasteiger partial charge is 0.141 e. The molecule has 56 valence electrons. The lowest BCUT2D eigenvalue weighted by atomic mass is 10.1. The van der Waals surface area contributed by atoms with Gasteiger partial charge in [-0.15, -0.1) is 0 Å². The predicted molar refractivity (Wildman–Crippen MR) is 38.8 cm³/mol. The van der Waals surface area contributed by atoms with E-state index in [2.05, 4.69) is 0 Å². The SMILES string of the molecule is O=C1Cc2ccc(F)cc2C1. The van der Waals surface area contributed by atoms with Crippen LogP contribution < -0.4 is 0 Å². The third kappa shape index (κ3) is 1.04. The van der Waals surface area contributed by atoms with Crippen LogP contribution in [0.25, 0.3) is 0 Å². The standard InChI is InChI=1S/C9H7FO/c10-8-2-1-6-4-9(11)5-7(6)3-8/h1-3H,4-5H2. The molecule has 0 aromatic heterocycles. The van der Waals surface area contributed by atoms with Crippen LogP contribution in [0, 0.1) is 5.82 Å². The first-order valence-corrected chi connectivity index (χ1v) is 3.55. The average Bonchev–Trinajstić information content (AvgIpc) is 2.27. The Morgan fingerprint density at radius 1 is 1.18 bits per heavy atom. The van der Waals surface area contributed by atoms with Crippen LogP contribution in [0.15, 0.2) is 18.2 Å². The molecule has 0 bridgehead atoms. The summed E-state index contributed by atoms with van der Waals surface area (Å²) in [6, 6.07) is 4.53. The zero-order valence-electron chi connectivity index (χ0n) is 5.93. The first-order valence-electron chi connectivity index (χ1n) is 3.55. The average molecular weight is 150 g/mol. The van der Waals surface area contributed by atoms with E-state index < -0.39 is 0 Å². The van der Waals surface area contributed by atoms with Crippen LogP contribution >= 0.6 is 0 Å². The van der Waals surface area contributed by atoms with Gasteiger partial charge in [0.25, 0.3) is 0 Å². The highest BCUT2D eigenvalue weighted by molar-refractivity contribution is 5.87. The van der Waals surface area contributed by atoms with Crippen LogP contribution in [-0.4, -0.2) is 5.78 Å². The molecular weight excluding hydrogens is 143 g/mol. The van der Waals surface area contributed by atoms with Crippen LogP contribution in [0.3, 0.4) is 0 Å². The minimum absolute atomic E-state index is 0.186. The Hall–Kier alpha value is -1.18. The molecule has 0 unspecified atom stereocenters. The number of carbonyl (C=O) groups is 1. The van der Waals surface area contributed by atoms with Gasteiger partial charge in [-0.1, -0.05) is 6.07 Å². The summed E-state index contributed by atoms with van der Waals surface area (Å²) in [4.78, 5) is 10.9. The monoisotopic (exact) mass is 150 g/mol. The van der Waals surface area contributed by atoms with E-state index in [1.54, 1.807) is 6.07 Å². The highest BCUT2D eigenvalue weighted by Gasteiger charge is 2.17. The van der Waals surface area contributed by atoms with Crippen molar-refractivity contribution in [3.05, 3.63) is 35.1 Å². The molecule has 0 aliphatic heterocycles. The Balaban J connectivity index is 2.51. The maximum absolute atomic E-state index is 12.6. The molecule has 0 amide bonds. The van der Waals surface area contributed by atoms with Gasteiger partial charge < -0.3 is 0 Å². The van der Waals surface area contributed by atoms with E-state index in [1.807, 2.05) is 0 Å². The third-order valence-electron chi connectivity index (χ3n) is 1.94. The second kappa shape index (κ2) is 2.16. The molecule has 0 radical (unpaired) electrons. The van der Waals surface area contributed by atoms with E-state index in [0.717, 1.165) is 11.1 Å². The van der Waals surface area contributed by atoms with E-state index in [-0.39, 0.29) is 11.6 Å². The summed E-state index contributed by atoms with van der Waals surface area (Å²) < 4.78 is 12.6. The molecular formula is C9H7FO. The summed E-state index contributed by atoms with van der Waals surface area (Å²) in [5.74, 6) is -0.0657. The molecule has 1 nitrogen and oxygen atoms in total. The summed E-state index contributed by atoms with van der Waals surface area (Å²) in [7, 11) is 0. The summed E-state index contributed by atoms with van der Waals surface area (Å²) in [5, 5.41) is 0. The van der Waals surface area contributed by atoms with Crippen LogP contribution in [0.2, 0.25) is 0 Å². The Kier molecular flexibility index (Phi) is 1.28. The van der Waals surface area contributed by atoms with E-state index >= 15 is 0 Å². The van der Waals surface area contributed by atoms with E-state index in [9.17, 15) is 9.18 Å². The third-order valence-corrected chi connectivity index (χ3v) is 1.94. The van der Waals surface area contributed by atoms with Crippen molar-refractivity contribution in [2.45, 2.75) is 12.8 Å². The first-order chi connectivity index (χ1) is 5.25. The maximum atomic E-state index is 12.6. The van der Waals surface area contributed by atoms with Gasteiger partial charge in [-0.25, -0.2) is 4.39 Å². The van der Waals surface area contributed by atoms with Crippen molar-refractivity contribution >= 4 is 5.78 Å². The van der Waals surface area contributed by atoms with Gasteiger partial charge in [-0.3, -0.25) is 4.79 Å². The number of benzene rings is 1. The second-order valence-electron chi connectivity index (χ2n) is 2.81. The molecule has 2 rings (SSSR count). The number of rotatable bonds is 0. The van der Waals surface area contributed by atoms with Gasteiger partial charge in [-0.2, -0.15) is 0 Å². The summed E-state index contributed by atoms with van der Waals surface area (Å²) in [6.45, 7) is 0. The van der Waals surface area contributed by atoms with E-state index in [0.29, 0.717) is 12.8 Å². The van der Waals surface area contributed by atoms with E-state index in [4.69, 9.17) is 0 Å². The van der Waals surface area contributed by atoms with Crippen molar-refractivity contribution in [3.63, 3.8) is 0 Å². The largest absolute Gasteiger partial charge is 0.299 e. The quantitative estimate of drug-likeness (QED) is 0.547. The fraction of sp³-hybridized carbons (Fsp3) is 0.222. The van der Waals surface area contributed by atoms with Crippen LogP contribution in [0.1, 0.15) is 11.1 Å². The molecule has 1 aliphatic rings. The molecule has 1 aromatic carbocycles. The first kappa shape index (κ1) is 6.53. The molecule has 2 heteroatoms. The molecule has 0 saturated heterocycles. The van der Waals surface area contributed by atoms with Crippen molar-refractivity contribution in [2.75, 3.05) is 0 Å². The Morgan fingerprint density at radius 2 is 1.91 bits per heavy atom. The van der Waals surface area contributed by atoms with Gasteiger partial charge in [0.05, 0.1) is 0 Å². The van der Waals surface area contributed by atoms with Crippen LogP contribution in [-0.2, 0) is 17.6 Å². The molecule has 11 heavy (non-hydrogen) atoms. The van der Waals surface area contributed by atoms with Crippen molar-refractivity contribution in [1.29, 1.82) is 0 Å². The van der Waals surface area contributed by atoms with Gasteiger partial charge in [-0.05, 0) is 23.3 Å². The van der Waals surface area contributed by atoms with Crippen molar-refractivity contribution in [1.82, 2.24) is 0 Å². The fourth-order valence-corrected chi connectivity index (χ4v) is 1.42. The summed E-state index contributed by atoms with van der Waals surface area (Å²) >= 11 is 0. The number of fused-ring (bicyclic) bond motifs is 1. The van der Waals surface area contributed by atoms with Gasteiger partial charge in [0.1, 0.15) is 11.6 Å². The molecule has 0 spiro atoms. The van der Waals surface area contributed by atoms with Gasteiger partial charge >= 0.3 is 0 Å². The summed E-state index contributed by atoms with van der Waals surface area (Å²) in [6.07, 6.45) is 0.892. The van der Waals surface area contributed by atoms with E-state index in [1.165, 1.54) is 12.1 Å². The van der Waals surface area contributed by atoms with Gasteiger partial charge in [0.15, 0.2) is 0 Å². The molecule has 0 N–H and O–H groups in total. The second-order valence-corrected chi connectivity index (χ2v) is 2.81. The topological polar surface area (TPSA) is 17.1 Å². The number of ketones is 1. The molecule has 1 aromatic rings. The normalized spacial score (nSPS) is 15.2. The molecule has 0 saturated carbocycles. The fourth-order valence-electron chi connectivity index (χ4n) is 1.42. The molecule has 0 fully saturated rings. The predicted octanol–water partition coefficient (Wildman–Crippen LogP) is 1.49. The van der Waals surface area contributed by atoms with Gasteiger partial charge in [0.2, 0.25) is 0 Å². The maximum Gasteiger partial charge on any atom is 0.141 e. The number of Topliss-reactive ketones (excluding diaryl/α,β-unsaturated/α-hetero) is 1. The number of hydrogen-bond acceptors (Lipinski definition) is 1. The number of halogens is 1. The Morgan fingerprint density at radius 3 is 2.73 bits per heavy atom. The summed E-state index contributed by atoms with van der Waals surface area (Å²) in [5.41, 5.74) is 1.84. The minimum Gasteiger partial charge on any atom is -0.299 e. The van der Waals surface area contributed by atoms with Crippen molar-refractivity contribution in [3.8, 4) is 0 Å². The number of hydrogen-bond donors (Lipinski definition) is 0. The molecule has 0 heterocycles. The highest BCUT2D eigenvalue weighted by Crippen LogP contribution is 2.19.